The number of rotatable bonds is 3. The van der Waals surface area contributed by atoms with Gasteiger partial charge in [0.1, 0.15) is 4.70 Å². The third-order valence-electron chi connectivity index (χ3n) is 3.10. The van der Waals surface area contributed by atoms with Gasteiger partial charge in [-0.3, -0.25) is 9.36 Å². The molecule has 0 fully saturated rings. The van der Waals surface area contributed by atoms with Crippen LogP contribution in [0.5, 0.6) is 0 Å². The molecule has 3 rings (SSSR count). The monoisotopic (exact) mass is 315 g/mol. The van der Waals surface area contributed by atoms with Gasteiger partial charge in [-0.1, -0.05) is 23.7 Å². The minimum Gasteiger partial charge on any atom is -0.297 e. The van der Waals surface area contributed by atoms with Gasteiger partial charge in [-0.05, 0) is 23.8 Å². The number of hydrogen-bond donors (Lipinski definition) is 0. The average molecular weight is 316 g/mol. The summed E-state index contributed by atoms with van der Waals surface area (Å²) in [7, 11) is 0. The van der Waals surface area contributed by atoms with Gasteiger partial charge in [0.05, 0.1) is 24.3 Å². The van der Waals surface area contributed by atoms with Crippen molar-refractivity contribution in [2.75, 3.05) is 0 Å². The van der Waals surface area contributed by atoms with Crippen LogP contribution in [0.2, 0.25) is 5.02 Å². The van der Waals surface area contributed by atoms with Crippen LogP contribution in [0.4, 0.5) is 0 Å². The van der Waals surface area contributed by atoms with E-state index >= 15 is 0 Å². The van der Waals surface area contributed by atoms with Gasteiger partial charge in [-0.2, -0.15) is 5.26 Å². The fourth-order valence-electron chi connectivity index (χ4n) is 2.03. The first kappa shape index (κ1) is 13.8. The molecular formula is C15H10ClN3OS. The Labute approximate surface area is 129 Å². The van der Waals surface area contributed by atoms with Gasteiger partial charge in [0.25, 0.3) is 5.56 Å². The Morgan fingerprint density at radius 2 is 2.10 bits per heavy atom. The number of halogens is 1. The molecule has 0 N–H and O–H groups in total. The summed E-state index contributed by atoms with van der Waals surface area (Å²) in [5.41, 5.74) is 1.59. The van der Waals surface area contributed by atoms with Gasteiger partial charge in [0.15, 0.2) is 0 Å². The van der Waals surface area contributed by atoms with Crippen LogP contribution in [0.15, 0.2) is 41.5 Å². The maximum absolute atomic E-state index is 12.3. The Balaban J connectivity index is 2.08. The first-order valence-corrected chi connectivity index (χ1v) is 7.50. The first-order chi connectivity index (χ1) is 10.2. The topological polar surface area (TPSA) is 58.7 Å². The number of thiophene rings is 1. The van der Waals surface area contributed by atoms with Crippen LogP contribution in [0.25, 0.3) is 20.7 Å². The first-order valence-electron chi connectivity index (χ1n) is 6.31. The lowest BCUT2D eigenvalue weighted by Gasteiger charge is -2.00. The molecule has 2 aromatic heterocycles. The Kier molecular flexibility index (Phi) is 3.74. The number of nitrogens with zero attached hydrogens (tertiary/aromatic N) is 3. The summed E-state index contributed by atoms with van der Waals surface area (Å²) in [5.74, 6) is 0. The Morgan fingerprint density at radius 1 is 1.33 bits per heavy atom. The molecule has 0 atom stereocenters. The minimum atomic E-state index is -0.0968. The third-order valence-corrected chi connectivity index (χ3v) is 4.51. The molecule has 1 aromatic carbocycles. The summed E-state index contributed by atoms with van der Waals surface area (Å²) < 4.78 is 2.09. The second-order valence-electron chi connectivity index (χ2n) is 4.48. The molecule has 0 saturated carbocycles. The van der Waals surface area contributed by atoms with Crippen LogP contribution in [0.3, 0.4) is 0 Å². The molecule has 0 amide bonds. The maximum atomic E-state index is 12.3. The SMILES string of the molecule is N#CCCn1cnc2cc(-c3ccc(Cl)cc3)sc2c1=O. The number of aromatic nitrogens is 2. The van der Waals surface area contributed by atoms with Gasteiger partial charge < -0.3 is 0 Å². The predicted molar refractivity (Wildman–Crippen MR) is 84.6 cm³/mol. The summed E-state index contributed by atoms with van der Waals surface area (Å²) in [6.07, 6.45) is 1.79. The van der Waals surface area contributed by atoms with Crippen molar-refractivity contribution in [1.82, 2.24) is 9.55 Å². The molecule has 0 aliphatic heterocycles. The van der Waals surface area contributed by atoms with Crippen LogP contribution >= 0.6 is 22.9 Å². The average Bonchev–Trinajstić information content (AvgIpc) is 2.92. The van der Waals surface area contributed by atoms with Crippen LogP contribution in [0.1, 0.15) is 6.42 Å². The van der Waals surface area contributed by atoms with Crippen molar-refractivity contribution >= 4 is 33.2 Å². The van der Waals surface area contributed by atoms with E-state index in [1.807, 2.05) is 36.4 Å². The van der Waals surface area contributed by atoms with Crippen molar-refractivity contribution in [3.63, 3.8) is 0 Å². The molecule has 6 heteroatoms. The van der Waals surface area contributed by atoms with Crippen molar-refractivity contribution in [3.05, 3.63) is 52.0 Å². The van der Waals surface area contributed by atoms with E-state index < -0.39 is 0 Å². The Bertz CT molecular complexity index is 890. The van der Waals surface area contributed by atoms with Gasteiger partial charge >= 0.3 is 0 Å². The minimum absolute atomic E-state index is 0.0968. The van der Waals surface area contributed by atoms with E-state index in [4.69, 9.17) is 16.9 Å². The third kappa shape index (κ3) is 2.68. The highest BCUT2D eigenvalue weighted by atomic mass is 35.5. The predicted octanol–water partition coefficient (Wildman–Crippen LogP) is 3.69. The molecule has 0 unspecified atom stereocenters. The number of nitriles is 1. The zero-order valence-electron chi connectivity index (χ0n) is 10.9. The summed E-state index contributed by atoms with van der Waals surface area (Å²) >= 11 is 7.29. The molecule has 0 aliphatic rings. The van der Waals surface area contributed by atoms with E-state index in [0.717, 1.165) is 10.4 Å². The fraction of sp³-hybridized carbons (Fsp3) is 0.133. The van der Waals surface area contributed by atoms with Crippen molar-refractivity contribution in [2.45, 2.75) is 13.0 Å². The largest absolute Gasteiger partial charge is 0.297 e. The van der Waals surface area contributed by atoms with Gasteiger partial charge in [-0.25, -0.2) is 4.98 Å². The molecule has 0 aliphatic carbocycles. The van der Waals surface area contributed by atoms with E-state index in [2.05, 4.69) is 4.98 Å². The number of hydrogen-bond acceptors (Lipinski definition) is 4. The van der Waals surface area contributed by atoms with Crippen LogP contribution in [0, 0.1) is 11.3 Å². The molecule has 4 nitrogen and oxygen atoms in total. The standard InChI is InChI=1S/C15H10ClN3OS/c16-11-4-2-10(3-5-11)13-8-12-14(21-13)15(20)19(9-18-12)7-1-6-17/h2-5,8-9H,1,7H2. The summed E-state index contributed by atoms with van der Waals surface area (Å²) in [6.45, 7) is 0.368. The van der Waals surface area contributed by atoms with Crippen LogP contribution in [-0.4, -0.2) is 9.55 Å². The normalized spacial score (nSPS) is 10.7. The Hall–Kier alpha value is -2.16. The fourth-order valence-corrected chi connectivity index (χ4v) is 3.22. The highest BCUT2D eigenvalue weighted by molar-refractivity contribution is 7.22. The lowest BCUT2D eigenvalue weighted by molar-refractivity contribution is 0.679. The molecule has 2 heterocycles. The number of fused-ring (bicyclic) bond motifs is 1. The van der Waals surface area contributed by atoms with Gasteiger partial charge in [-0.15, -0.1) is 11.3 Å². The molecule has 104 valence electrons. The molecule has 0 spiro atoms. The summed E-state index contributed by atoms with van der Waals surface area (Å²) in [4.78, 5) is 17.6. The molecule has 0 saturated heterocycles. The van der Waals surface area contributed by atoms with Crippen LogP contribution < -0.4 is 5.56 Å². The number of aryl methyl sites for hydroxylation is 1. The molecule has 21 heavy (non-hydrogen) atoms. The van der Waals surface area contributed by atoms with Crippen molar-refractivity contribution < 1.29 is 0 Å². The zero-order chi connectivity index (χ0) is 14.8. The van der Waals surface area contributed by atoms with Crippen molar-refractivity contribution in [3.8, 4) is 16.5 Å². The Morgan fingerprint density at radius 3 is 2.81 bits per heavy atom. The van der Waals surface area contributed by atoms with Gasteiger partial charge in [0, 0.05) is 16.4 Å². The summed E-state index contributed by atoms with van der Waals surface area (Å²) in [6, 6.07) is 11.4. The lowest BCUT2D eigenvalue weighted by Crippen LogP contribution is -2.19. The zero-order valence-corrected chi connectivity index (χ0v) is 12.5. The van der Waals surface area contributed by atoms with E-state index in [1.54, 1.807) is 0 Å². The summed E-state index contributed by atoms with van der Waals surface area (Å²) in [5, 5.41) is 9.29. The van der Waals surface area contributed by atoms with E-state index in [0.29, 0.717) is 28.2 Å². The van der Waals surface area contributed by atoms with Gasteiger partial charge in [0.2, 0.25) is 0 Å². The molecular weight excluding hydrogens is 306 g/mol. The molecule has 3 aromatic rings. The lowest BCUT2D eigenvalue weighted by atomic mass is 10.2. The quantitative estimate of drug-likeness (QED) is 0.740. The van der Waals surface area contributed by atoms with Crippen LogP contribution in [-0.2, 0) is 6.54 Å². The molecule has 0 bridgehead atoms. The van der Waals surface area contributed by atoms with Crippen molar-refractivity contribution in [2.24, 2.45) is 0 Å². The second-order valence-corrected chi connectivity index (χ2v) is 5.97. The molecule has 0 radical (unpaired) electrons. The van der Waals surface area contributed by atoms with Crippen molar-refractivity contribution in [1.29, 1.82) is 5.26 Å². The van der Waals surface area contributed by atoms with E-state index in [-0.39, 0.29) is 5.56 Å². The van der Waals surface area contributed by atoms with E-state index in [9.17, 15) is 4.79 Å². The second kappa shape index (κ2) is 5.68. The highest BCUT2D eigenvalue weighted by Gasteiger charge is 2.10. The smallest absolute Gasteiger partial charge is 0.271 e. The number of benzene rings is 1. The maximum Gasteiger partial charge on any atom is 0.271 e. The highest BCUT2D eigenvalue weighted by Crippen LogP contribution is 2.31. The van der Waals surface area contributed by atoms with E-state index in [1.165, 1.54) is 22.2 Å².